The van der Waals surface area contributed by atoms with Gasteiger partial charge >= 0.3 is 0 Å². The number of carbonyl (C=O) groups excluding carboxylic acids is 1. The van der Waals surface area contributed by atoms with Gasteiger partial charge in [0.25, 0.3) is 5.91 Å². The summed E-state index contributed by atoms with van der Waals surface area (Å²) in [6.07, 6.45) is 2.96. The minimum atomic E-state index is -0.501. The number of nitrogens with one attached hydrogen (secondary N) is 1. The van der Waals surface area contributed by atoms with E-state index in [9.17, 15) is 14.3 Å². The van der Waals surface area contributed by atoms with Gasteiger partial charge < -0.3 is 19.6 Å². The summed E-state index contributed by atoms with van der Waals surface area (Å²) in [6, 6.07) is 8.68. The van der Waals surface area contributed by atoms with Crippen LogP contribution in [0.25, 0.3) is 0 Å². The molecule has 0 bridgehead atoms. The van der Waals surface area contributed by atoms with Crippen molar-refractivity contribution in [2.75, 3.05) is 0 Å². The van der Waals surface area contributed by atoms with Crippen molar-refractivity contribution in [3.63, 3.8) is 0 Å². The van der Waals surface area contributed by atoms with Crippen LogP contribution >= 0.6 is 0 Å². The van der Waals surface area contributed by atoms with Crippen LogP contribution in [0.5, 0.6) is 5.75 Å². The van der Waals surface area contributed by atoms with Crippen molar-refractivity contribution >= 4 is 5.91 Å². The van der Waals surface area contributed by atoms with E-state index < -0.39 is 6.10 Å². The molecule has 6 heteroatoms. The number of aliphatic hydroxyl groups excluding tert-OH is 1. The Morgan fingerprint density at radius 2 is 1.96 bits per heavy atom. The Hall–Kier alpha value is -2.34. The molecule has 24 heavy (non-hydrogen) atoms. The molecule has 2 aromatic rings. The van der Waals surface area contributed by atoms with Gasteiger partial charge in [0, 0.05) is 0 Å². The van der Waals surface area contributed by atoms with E-state index in [1.807, 2.05) is 0 Å². The average molecular weight is 333 g/mol. The van der Waals surface area contributed by atoms with Gasteiger partial charge in [0.1, 0.15) is 23.9 Å². The lowest BCUT2D eigenvalue weighted by Gasteiger charge is -2.27. The minimum absolute atomic E-state index is 0.144. The normalized spacial score (nSPS) is 20.6. The maximum atomic E-state index is 12.8. The van der Waals surface area contributed by atoms with Crippen molar-refractivity contribution in [3.05, 3.63) is 53.7 Å². The van der Waals surface area contributed by atoms with Crippen molar-refractivity contribution < 1.29 is 23.4 Å². The fourth-order valence-electron chi connectivity index (χ4n) is 2.78. The molecule has 1 heterocycles. The molecule has 1 aliphatic carbocycles. The van der Waals surface area contributed by atoms with Crippen molar-refractivity contribution in [3.8, 4) is 5.75 Å². The molecule has 1 saturated carbocycles. The van der Waals surface area contributed by atoms with Crippen LogP contribution in [-0.4, -0.2) is 23.2 Å². The third-order valence-electron chi connectivity index (χ3n) is 4.13. The molecule has 1 aromatic carbocycles. The first kappa shape index (κ1) is 16.5. The Bertz CT molecular complexity index is 683. The van der Waals surface area contributed by atoms with Gasteiger partial charge in [0.05, 0.1) is 12.1 Å². The smallest absolute Gasteiger partial charge is 0.287 e. The number of carbonyl (C=O) groups is 1. The zero-order valence-corrected chi connectivity index (χ0v) is 13.2. The summed E-state index contributed by atoms with van der Waals surface area (Å²) in [4.78, 5) is 12.2. The van der Waals surface area contributed by atoms with E-state index in [4.69, 9.17) is 9.15 Å². The molecule has 5 nitrogen and oxygen atoms in total. The van der Waals surface area contributed by atoms with Crippen molar-refractivity contribution in [2.45, 2.75) is 44.4 Å². The van der Waals surface area contributed by atoms with E-state index in [-0.39, 0.29) is 30.1 Å². The minimum Gasteiger partial charge on any atom is -0.486 e. The molecule has 0 saturated heterocycles. The number of amides is 1. The highest BCUT2D eigenvalue weighted by molar-refractivity contribution is 5.91. The van der Waals surface area contributed by atoms with Crippen LogP contribution in [0.2, 0.25) is 0 Å². The zero-order valence-electron chi connectivity index (χ0n) is 13.2. The van der Waals surface area contributed by atoms with Crippen LogP contribution in [0.15, 0.2) is 40.8 Å². The summed E-state index contributed by atoms with van der Waals surface area (Å²) < 4.78 is 23.8. The third kappa shape index (κ3) is 4.14. The maximum Gasteiger partial charge on any atom is 0.287 e. The van der Waals surface area contributed by atoms with Crippen molar-refractivity contribution in [1.82, 2.24) is 5.32 Å². The highest BCUT2D eigenvalue weighted by Crippen LogP contribution is 2.19. The van der Waals surface area contributed by atoms with Crippen molar-refractivity contribution in [1.29, 1.82) is 0 Å². The number of aliphatic hydroxyl groups is 1. The highest BCUT2D eigenvalue weighted by Gasteiger charge is 2.25. The Balaban J connectivity index is 1.54. The zero-order chi connectivity index (χ0) is 16.9. The predicted molar refractivity (Wildman–Crippen MR) is 85.2 cm³/mol. The molecule has 1 amide bonds. The molecule has 2 N–H and O–H groups in total. The molecule has 0 spiro atoms. The van der Waals surface area contributed by atoms with Crippen LogP contribution in [0.4, 0.5) is 4.39 Å². The summed E-state index contributed by atoms with van der Waals surface area (Å²) in [5.41, 5.74) is 0. The SMILES string of the molecule is O=C(NC1CCCCC1O)c1ccc(COc2ccc(F)cc2)o1. The molecule has 3 rings (SSSR count). The second kappa shape index (κ2) is 7.49. The van der Waals surface area contributed by atoms with Crippen LogP contribution in [0.1, 0.15) is 42.0 Å². The second-order valence-electron chi connectivity index (χ2n) is 5.94. The molecule has 128 valence electrons. The van der Waals surface area contributed by atoms with Gasteiger partial charge in [0.2, 0.25) is 0 Å². The molecule has 0 radical (unpaired) electrons. The van der Waals surface area contributed by atoms with E-state index in [0.717, 1.165) is 19.3 Å². The number of furan rings is 1. The first-order valence-corrected chi connectivity index (χ1v) is 8.08. The number of halogens is 1. The van der Waals surface area contributed by atoms with Crippen LogP contribution in [0.3, 0.4) is 0 Å². The molecule has 0 aliphatic heterocycles. The Kier molecular flexibility index (Phi) is 5.15. The topological polar surface area (TPSA) is 71.7 Å². The molecule has 1 aromatic heterocycles. The number of hydrogen-bond donors (Lipinski definition) is 2. The average Bonchev–Trinajstić information content (AvgIpc) is 3.06. The quantitative estimate of drug-likeness (QED) is 0.882. The standard InChI is InChI=1S/C18H20FNO4/c19-12-5-7-13(8-6-12)23-11-14-9-10-17(24-14)18(22)20-15-3-1-2-4-16(15)21/h5-10,15-16,21H,1-4,11H2,(H,20,22). The summed E-state index contributed by atoms with van der Waals surface area (Å²) in [6.45, 7) is 0.144. The third-order valence-corrected chi connectivity index (χ3v) is 4.13. The van der Waals surface area contributed by atoms with Gasteiger partial charge in [-0.15, -0.1) is 0 Å². The lowest BCUT2D eigenvalue weighted by Crippen LogP contribution is -2.44. The summed E-state index contributed by atoms with van der Waals surface area (Å²) in [5.74, 6) is 0.529. The molecule has 1 aliphatic rings. The molecular formula is C18H20FNO4. The molecule has 2 unspecified atom stereocenters. The summed E-state index contributed by atoms with van der Waals surface area (Å²) >= 11 is 0. The van der Waals surface area contributed by atoms with Gasteiger partial charge in [-0.3, -0.25) is 4.79 Å². The monoisotopic (exact) mass is 333 g/mol. The second-order valence-corrected chi connectivity index (χ2v) is 5.94. The number of hydrogen-bond acceptors (Lipinski definition) is 4. The largest absolute Gasteiger partial charge is 0.486 e. The van der Waals surface area contributed by atoms with Crippen LogP contribution in [0, 0.1) is 5.82 Å². The van der Waals surface area contributed by atoms with Gasteiger partial charge in [-0.2, -0.15) is 0 Å². The van der Waals surface area contributed by atoms with Gasteiger partial charge in [-0.25, -0.2) is 4.39 Å². The van der Waals surface area contributed by atoms with Crippen molar-refractivity contribution in [2.24, 2.45) is 0 Å². The fraction of sp³-hybridized carbons (Fsp3) is 0.389. The first-order chi connectivity index (χ1) is 11.6. The number of benzene rings is 1. The lowest BCUT2D eigenvalue weighted by atomic mass is 9.92. The maximum absolute atomic E-state index is 12.8. The van der Waals surface area contributed by atoms with Gasteiger partial charge in [-0.05, 0) is 49.2 Å². The van der Waals surface area contributed by atoms with Gasteiger partial charge in [-0.1, -0.05) is 12.8 Å². The summed E-state index contributed by atoms with van der Waals surface area (Å²) in [5, 5.41) is 12.7. The lowest BCUT2D eigenvalue weighted by molar-refractivity contribution is 0.0695. The highest BCUT2D eigenvalue weighted by atomic mass is 19.1. The molecular weight excluding hydrogens is 313 g/mol. The Labute approximate surface area is 139 Å². The fourth-order valence-corrected chi connectivity index (χ4v) is 2.78. The number of ether oxygens (including phenoxy) is 1. The first-order valence-electron chi connectivity index (χ1n) is 8.08. The van der Waals surface area contributed by atoms with Gasteiger partial charge in [0.15, 0.2) is 5.76 Å². The van der Waals surface area contributed by atoms with E-state index in [2.05, 4.69) is 5.32 Å². The predicted octanol–water partition coefficient (Wildman–Crippen LogP) is 3.03. The Morgan fingerprint density at radius 1 is 1.21 bits per heavy atom. The molecule has 2 atom stereocenters. The van der Waals surface area contributed by atoms with E-state index in [1.54, 1.807) is 12.1 Å². The Morgan fingerprint density at radius 3 is 2.71 bits per heavy atom. The van der Waals surface area contributed by atoms with E-state index >= 15 is 0 Å². The van der Waals surface area contributed by atoms with E-state index in [0.29, 0.717) is 17.9 Å². The van der Waals surface area contributed by atoms with Crippen LogP contribution in [-0.2, 0) is 6.61 Å². The van der Waals surface area contributed by atoms with Crippen LogP contribution < -0.4 is 10.1 Å². The number of rotatable bonds is 5. The van der Waals surface area contributed by atoms with E-state index in [1.165, 1.54) is 24.3 Å². The summed E-state index contributed by atoms with van der Waals surface area (Å²) in [7, 11) is 0. The molecule has 1 fully saturated rings.